The maximum atomic E-state index is 12.2. The van der Waals surface area contributed by atoms with E-state index in [-0.39, 0.29) is 12.6 Å². The van der Waals surface area contributed by atoms with Crippen LogP contribution >= 0.6 is 0 Å². The van der Waals surface area contributed by atoms with Crippen LogP contribution < -0.4 is 14.8 Å². The Kier molecular flexibility index (Phi) is 3.79. The van der Waals surface area contributed by atoms with E-state index in [2.05, 4.69) is 5.32 Å². The number of benzene rings is 1. The summed E-state index contributed by atoms with van der Waals surface area (Å²) in [4.78, 5) is 24.7. The summed E-state index contributed by atoms with van der Waals surface area (Å²) >= 11 is 0. The summed E-state index contributed by atoms with van der Waals surface area (Å²) in [7, 11) is 0. The first-order valence-corrected chi connectivity index (χ1v) is 7.71. The van der Waals surface area contributed by atoms with Crippen molar-refractivity contribution in [1.29, 1.82) is 0 Å². The maximum Gasteiger partial charge on any atom is 0.321 e. The molecule has 1 aromatic rings. The highest BCUT2D eigenvalue weighted by atomic mass is 16.7. The summed E-state index contributed by atoms with van der Waals surface area (Å²) in [6.07, 6.45) is 1.19. The smallest absolute Gasteiger partial charge is 0.321 e. The molecule has 2 aliphatic rings. The Morgan fingerprint density at radius 3 is 2.78 bits per heavy atom. The summed E-state index contributed by atoms with van der Waals surface area (Å²) < 4.78 is 11.5. The fraction of sp³-hybridized carbons (Fsp3) is 0.500. The molecule has 23 heavy (non-hydrogen) atoms. The Morgan fingerprint density at radius 1 is 1.39 bits per heavy atom. The third-order valence-electron chi connectivity index (χ3n) is 4.31. The zero-order valence-corrected chi connectivity index (χ0v) is 13.2. The highest BCUT2D eigenvalue weighted by Crippen LogP contribution is 2.42. The lowest BCUT2D eigenvalue weighted by Crippen LogP contribution is -2.33. The molecule has 2 heterocycles. The van der Waals surface area contributed by atoms with Crippen LogP contribution in [0.1, 0.15) is 26.7 Å². The van der Waals surface area contributed by atoms with E-state index in [1.54, 1.807) is 18.2 Å². The van der Waals surface area contributed by atoms with Crippen molar-refractivity contribution in [1.82, 2.24) is 4.90 Å². The summed E-state index contributed by atoms with van der Waals surface area (Å²) in [5.74, 6) is -0.768. The summed E-state index contributed by atoms with van der Waals surface area (Å²) in [5.41, 5.74) is 0.594. The number of carboxylic acid groups (broad SMARTS) is 1. The molecule has 2 amide bonds. The number of nitrogens with one attached hydrogen (secondary N) is 1. The molecular formula is C16H20N2O5. The van der Waals surface area contributed by atoms with Gasteiger partial charge in [-0.3, -0.25) is 4.79 Å². The second-order valence-corrected chi connectivity index (χ2v) is 6.05. The molecule has 124 valence electrons. The largest absolute Gasteiger partial charge is 0.481 e. The molecule has 0 bridgehead atoms. The second-order valence-electron chi connectivity index (χ2n) is 6.05. The van der Waals surface area contributed by atoms with Crippen molar-refractivity contribution in [3.63, 3.8) is 0 Å². The number of hydrogen-bond acceptors (Lipinski definition) is 4. The van der Waals surface area contributed by atoms with Gasteiger partial charge in [0.1, 0.15) is 0 Å². The van der Waals surface area contributed by atoms with Gasteiger partial charge in [0.25, 0.3) is 0 Å². The van der Waals surface area contributed by atoms with Crippen LogP contribution in [0.25, 0.3) is 0 Å². The molecule has 7 heteroatoms. The lowest BCUT2D eigenvalue weighted by Gasteiger charge is -2.20. The fourth-order valence-corrected chi connectivity index (χ4v) is 2.73. The van der Waals surface area contributed by atoms with Crippen molar-refractivity contribution in [3.8, 4) is 11.5 Å². The van der Waals surface area contributed by atoms with Crippen LogP contribution in [0.5, 0.6) is 11.5 Å². The van der Waals surface area contributed by atoms with Crippen LogP contribution in [0.3, 0.4) is 0 Å². The number of carbonyl (C=O) groups is 2. The van der Waals surface area contributed by atoms with E-state index in [0.717, 1.165) is 0 Å². The molecule has 2 unspecified atom stereocenters. The second kappa shape index (κ2) is 5.64. The number of fused-ring (bicyclic) bond motifs is 1. The van der Waals surface area contributed by atoms with Crippen molar-refractivity contribution in [2.45, 2.75) is 32.5 Å². The summed E-state index contributed by atoms with van der Waals surface area (Å²) in [6.45, 7) is 4.52. The minimum atomic E-state index is -0.859. The highest BCUT2D eigenvalue weighted by molar-refractivity contribution is 5.90. The molecule has 0 aliphatic carbocycles. The highest BCUT2D eigenvalue weighted by Gasteiger charge is 2.35. The van der Waals surface area contributed by atoms with Gasteiger partial charge in [-0.2, -0.15) is 0 Å². The van der Waals surface area contributed by atoms with Gasteiger partial charge in [-0.15, -0.1) is 0 Å². The van der Waals surface area contributed by atoms with E-state index in [9.17, 15) is 9.59 Å². The predicted octanol–water partition coefficient (Wildman–Crippen LogP) is 2.52. The number of amides is 2. The van der Waals surface area contributed by atoms with Gasteiger partial charge in [0, 0.05) is 38.2 Å². The van der Waals surface area contributed by atoms with Gasteiger partial charge in [0.15, 0.2) is 11.5 Å². The Labute approximate surface area is 134 Å². The van der Waals surface area contributed by atoms with Crippen LogP contribution in [0.15, 0.2) is 18.2 Å². The van der Waals surface area contributed by atoms with Crippen molar-refractivity contribution in [2.24, 2.45) is 5.92 Å². The van der Waals surface area contributed by atoms with Gasteiger partial charge in [0.2, 0.25) is 5.79 Å². The Balaban J connectivity index is 1.65. The molecule has 2 N–H and O–H groups in total. The maximum absolute atomic E-state index is 12.2. The number of urea groups is 1. The number of likely N-dealkylation sites (tertiary alicyclic amines) is 1. The van der Waals surface area contributed by atoms with Gasteiger partial charge < -0.3 is 24.8 Å². The van der Waals surface area contributed by atoms with E-state index in [1.807, 2.05) is 13.8 Å². The Morgan fingerprint density at radius 2 is 2.13 bits per heavy atom. The number of ether oxygens (including phenoxy) is 2. The standard InChI is InChI=1S/C16H20N2O5/c1-3-16(2)22-12-5-4-11(8-13(12)23-16)17-15(21)18-7-6-10(9-18)14(19)20/h4-5,8,10H,3,6-7,9H2,1-2H3,(H,17,21)(H,19,20). The molecule has 1 fully saturated rings. The minimum Gasteiger partial charge on any atom is -0.481 e. The normalized spacial score (nSPS) is 25.5. The van der Waals surface area contributed by atoms with E-state index >= 15 is 0 Å². The quantitative estimate of drug-likeness (QED) is 0.893. The minimum absolute atomic E-state index is 0.236. The van der Waals surface area contributed by atoms with E-state index in [0.29, 0.717) is 36.6 Å². The van der Waals surface area contributed by atoms with Crippen molar-refractivity contribution in [3.05, 3.63) is 18.2 Å². The van der Waals surface area contributed by atoms with Crippen LogP contribution in [-0.4, -0.2) is 40.9 Å². The van der Waals surface area contributed by atoms with E-state index < -0.39 is 17.7 Å². The zero-order chi connectivity index (χ0) is 16.6. The number of rotatable bonds is 3. The predicted molar refractivity (Wildman–Crippen MR) is 82.7 cm³/mol. The molecule has 3 rings (SSSR count). The number of nitrogens with zero attached hydrogens (tertiary/aromatic N) is 1. The number of carboxylic acids is 1. The first kappa shape index (κ1) is 15.5. The monoisotopic (exact) mass is 320 g/mol. The van der Waals surface area contributed by atoms with Gasteiger partial charge >= 0.3 is 12.0 Å². The first-order chi connectivity index (χ1) is 10.9. The van der Waals surface area contributed by atoms with Crippen LogP contribution in [0, 0.1) is 5.92 Å². The lowest BCUT2D eigenvalue weighted by molar-refractivity contribution is -0.141. The fourth-order valence-electron chi connectivity index (χ4n) is 2.73. The van der Waals surface area contributed by atoms with Crippen LogP contribution in [0.2, 0.25) is 0 Å². The van der Waals surface area contributed by atoms with Crippen molar-refractivity contribution >= 4 is 17.7 Å². The average molecular weight is 320 g/mol. The summed E-state index contributed by atoms with van der Waals surface area (Å²) in [5, 5.41) is 11.8. The molecule has 0 spiro atoms. The third-order valence-corrected chi connectivity index (χ3v) is 4.31. The van der Waals surface area contributed by atoms with E-state index in [1.165, 1.54) is 4.90 Å². The average Bonchev–Trinajstić information content (AvgIpc) is 3.11. The molecule has 1 saturated heterocycles. The zero-order valence-electron chi connectivity index (χ0n) is 13.2. The molecule has 1 aromatic carbocycles. The van der Waals surface area contributed by atoms with E-state index in [4.69, 9.17) is 14.6 Å². The molecule has 7 nitrogen and oxygen atoms in total. The summed E-state index contributed by atoms with van der Waals surface area (Å²) in [6, 6.07) is 4.92. The molecule has 0 aromatic heterocycles. The van der Waals surface area contributed by atoms with Gasteiger partial charge in [-0.05, 0) is 18.6 Å². The SMILES string of the molecule is CCC1(C)Oc2ccc(NC(=O)N3CCC(C(=O)O)C3)cc2O1. The number of anilines is 1. The lowest BCUT2D eigenvalue weighted by atomic mass is 10.1. The first-order valence-electron chi connectivity index (χ1n) is 7.71. The van der Waals surface area contributed by atoms with Gasteiger partial charge in [-0.1, -0.05) is 6.92 Å². The molecule has 0 saturated carbocycles. The number of aliphatic carboxylic acids is 1. The Hall–Kier alpha value is -2.44. The number of hydrogen-bond donors (Lipinski definition) is 2. The third kappa shape index (κ3) is 3.04. The molecular weight excluding hydrogens is 300 g/mol. The molecule has 2 aliphatic heterocycles. The molecule has 2 atom stereocenters. The van der Waals surface area contributed by atoms with Crippen molar-refractivity contribution in [2.75, 3.05) is 18.4 Å². The Bertz CT molecular complexity index is 647. The van der Waals surface area contributed by atoms with Gasteiger partial charge in [-0.25, -0.2) is 4.79 Å². The van der Waals surface area contributed by atoms with Crippen LogP contribution in [-0.2, 0) is 4.79 Å². The van der Waals surface area contributed by atoms with Crippen LogP contribution in [0.4, 0.5) is 10.5 Å². The van der Waals surface area contributed by atoms with Crippen molar-refractivity contribution < 1.29 is 24.2 Å². The molecule has 0 radical (unpaired) electrons. The number of carbonyl (C=O) groups excluding carboxylic acids is 1. The topological polar surface area (TPSA) is 88.1 Å². The van der Waals surface area contributed by atoms with Gasteiger partial charge in [0.05, 0.1) is 5.92 Å².